The number of halogens is 3. The van der Waals surface area contributed by atoms with Gasteiger partial charge in [-0.1, -0.05) is 12.8 Å². The molecule has 0 unspecified atom stereocenters. The molecule has 0 bridgehead atoms. The Morgan fingerprint density at radius 3 is 2.66 bits per heavy atom. The zero-order valence-electron chi connectivity index (χ0n) is 21.2. The molecular formula is C27H30F3N5O2S. The third-order valence-electron chi connectivity index (χ3n) is 7.90. The summed E-state index contributed by atoms with van der Waals surface area (Å²) in [6.07, 6.45) is 7.18. The van der Waals surface area contributed by atoms with Crippen LogP contribution in [0.1, 0.15) is 82.4 Å². The van der Waals surface area contributed by atoms with Gasteiger partial charge in [0.2, 0.25) is 5.95 Å². The van der Waals surface area contributed by atoms with Crippen molar-refractivity contribution in [2.75, 3.05) is 5.32 Å². The fourth-order valence-electron chi connectivity index (χ4n) is 5.42. The summed E-state index contributed by atoms with van der Waals surface area (Å²) in [5.41, 5.74) is 0.842. The van der Waals surface area contributed by atoms with Crippen LogP contribution in [0, 0.1) is 11.8 Å². The van der Waals surface area contributed by atoms with Crippen LogP contribution in [0.5, 0.6) is 0 Å². The van der Waals surface area contributed by atoms with Crippen molar-refractivity contribution in [1.29, 1.82) is 0 Å². The summed E-state index contributed by atoms with van der Waals surface area (Å²) in [7, 11) is 1.45. The average Bonchev–Trinajstić information content (AvgIpc) is 3.78. The number of carbonyl (C=O) groups is 2. The van der Waals surface area contributed by atoms with Gasteiger partial charge in [-0.3, -0.25) is 14.3 Å². The topological polar surface area (TPSA) is 81.8 Å². The number of nitrogens with one attached hydrogen (secondary N) is 1. The number of imidazole rings is 1. The maximum atomic E-state index is 13.5. The van der Waals surface area contributed by atoms with E-state index < -0.39 is 11.9 Å². The van der Waals surface area contributed by atoms with E-state index in [2.05, 4.69) is 15.4 Å². The monoisotopic (exact) mass is 545 g/mol. The Balaban J connectivity index is 1.26. The lowest BCUT2D eigenvalue weighted by Crippen LogP contribution is -2.20. The number of aryl methyl sites for hydroxylation is 2. The standard InChI is InChI=1S/C27H30F3N5O2S/c1-34-24(14-23(33-34)27(28,29)30)32-26-31-10-11-35(26)17-7-9-21-18(12-17)25(19(36)8-4-15-2-3-15)22(38-21)13-20(37)16-5-6-16/h10-11,14-17H,2-9,12-13H2,1H3,(H,31,32)/t17-/m0/s1. The van der Waals surface area contributed by atoms with Crippen LogP contribution in [-0.2, 0) is 37.3 Å². The smallest absolute Gasteiger partial charge is 0.314 e. The number of ketones is 2. The third kappa shape index (κ3) is 5.17. The zero-order valence-corrected chi connectivity index (χ0v) is 22.0. The van der Waals surface area contributed by atoms with E-state index in [1.54, 1.807) is 17.5 Å². The number of nitrogens with zero attached hydrogens (tertiary/aromatic N) is 4. The summed E-state index contributed by atoms with van der Waals surface area (Å²) < 4.78 is 42.5. The van der Waals surface area contributed by atoms with E-state index >= 15 is 0 Å². The highest BCUT2D eigenvalue weighted by atomic mass is 32.1. The minimum Gasteiger partial charge on any atom is -0.314 e. The van der Waals surface area contributed by atoms with Crippen LogP contribution in [-0.4, -0.2) is 30.9 Å². The maximum Gasteiger partial charge on any atom is 0.435 e. The van der Waals surface area contributed by atoms with Crippen LogP contribution in [0.2, 0.25) is 0 Å². The Morgan fingerprint density at radius 2 is 1.97 bits per heavy atom. The van der Waals surface area contributed by atoms with Gasteiger partial charge < -0.3 is 9.88 Å². The Hall–Kier alpha value is -2.95. The number of hydrogen-bond donors (Lipinski definition) is 1. The van der Waals surface area contributed by atoms with Crippen molar-refractivity contribution in [3.8, 4) is 0 Å². The maximum absolute atomic E-state index is 13.5. The van der Waals surface area contributed by atoms with Crippen molar-refractivity contribution in [2.24, 2.45) is 18.9 Å². The first-order valence-corrected chi connectivity index (χ1v) is 14.1. The number of anilines is 2. The highest BCUT2D eigenvalue weighted by molar-refractivity contribution is 7.12. The second-order valence-corrected chi connectivity index (χ2v) is 12.0. The summed E-state index contributed by atoms with van der Waals surface area (Å²) in [6.45, 7) is 0. The number of thiophene rings is 1. The van der Waals surface area contributed by atoms with E-state index in [0.717, 1.165) is 58.9 Å². The van der Waals surface area contributed by atoms with Gasteiger partial charge in [-0.25, -0.2) is 4.98 Å². The quantitative estimate of drug-likeness (QED) is 0.313. The molecule has 38 heavy (non-hydrogen) atoms. The van der Waals surface area contributed by atoms with E-state index in [4.69, 9.17) is 0 Å². The van der Waals surface area contributed by atoms with Gasteiger partial charge >= 0.3 is 6.18 Å². The van der Waals surface area contributed by atoms with Gasteiger partial charge in [0.1, 0.15) is 11.6 Å². The normalized spacial score (nSPS) is 19.4. The summed E-state index contributed by atoms with van der Waals surface area (Å²) in [6, 6.07) is 0.954. The molecule has 3 aliphatic rings. The number of hydrogen-bond acceptors (Lipinski definition) is 6. The van der Waals surface area contributed by atoms with Crippen molar-refractivity contribution in [3.63, 3.8) is 0 Å². The van der Waals surface area contributed by atoms with E-state index in [-0.39, 0.29) is 29.3 Å². The first kappa shape index (κ1) is 25.3. The lowest BCUT2D eigenvalue weighted by molar-refractivity contribution is -0.141. The molecule has 202 valence electrons. The molecule has 0 spiro atoms. The van der Waals surface area contributed by atoms with Crippen molar-refractivity contribution in [1.82, 2.24) is 19.3 Å². The van der Waals surface area contributed by atoms with Crippen LogP contribution < -0.4 is 5.32 Å². The van der Waals surface area contributed by atoms with E-state index in [1.807, 2.05) is 10.8 Å². The molecule has 0 aromatic carbocycles. The van der Waals surface area contributed by atoms with E-state index in [0.29, 0.717) is 31.1 Å². The molecule has 0 radical (unpaired) electrons. The van der Waals surface area contributed by atoms with Crippen molar-refractivity contribution >= 4 is 34.7 Å². The summed E-state index contributed by atoms with van der Waals surface area (Å²) in [5, 5.41) is 6.58. The highest BCUT2D eigenvalue weighted by Gasteiger charge is 2.36. The average molecular weight is 546 g/mol. The molecule has 3 aromatic rings. The van der Waals surface area contributed by atoms with Gasteiger partial charge in [-0.05, 0) is 50.0 Å². The predicted octanol–water partition coefficient (Wildman–Crippen LogP) is 6.07. The van der Waals surface area contributed by atoms with Crippen molar-refractivity contribution in [3.05, 3.63) is 45.0 Å². The lowest BCUT2D eigenvalue weighted by atomic mass is 9.88. The molecule has 3 aromatic heterocycles. The minimum atomic E-state index is -4.53. The second-order valence-electron chi connectivity index (χ2n) is 10.8. The zero-order chi connectivity index (χ0) is 26.6. The summed E-state index contributed by atoms with van der Waals surface area (Å²) in [4.78, 5) is 32.6. The molecule has 2 saturated carbocycles. The van der Waals surface area contributed by atoms with Gasteiger partial charge in [0, 0.05) is 65.6 Å². The second kappa shape index (κ2) is 9.66. The van der Waals surface area contributed by atoms with Crippen LogP contribution in [0.25, 0.3) is 0 Å². The molecule has 11 heteroatoms. The molecule has 2 fully saturated rings. The fourth-order valence-corrected chi connectivity index (χ4v) is 6.80. The molecule has 0 saturated heterocycles. The molecule has 0 aliphatic heterocycles. The SMILES string of the molecule is Cn1nc(C(F)(F)F)cc1Nc1nccn1[C@H]1CCc2sc(CC(=O)C3CC3)c(C(=O)CCC3CC3)c2C1. The predicted molar refractivity (Wildman–Crippen MR) is 137 cm³/mol. The molecular weight excluding hydrogens is 515 g/mol. The van der Waals surface area contributed by atoms with Crippen LogP contribution in [0.15, 0.2) is 18.5 Å². The van der Waals surface area contributed by atoms with Gasteiger partial charge in [0.15, 0.2) is 11.5 Å². The first-order chi connectivity index (χ1) is 18.2. The summed E-state index contributed by atoms with van der Waals surface area (Å²) >= 11 is 1.63. The van der Waals surface area contributed by atoms with Gasteiger partial charge in [-0.2, -0.15) is 18.3 Å². The molecule has 3 heterocycles. The first-order valence-electron chi connectivity index (χ1n) is 13.3. The number of fused-ring (bicyclic) bond motifs is 1. The molecule has 3 aliphatic carbocycles. The van der Waals surface area contributed by atoms with E-state index in [1.165, 1.54) is 24.8 Å². The Bertz CT molecular complexity index is 1380. The number of rotatable bonds is 10. The van der Waals surface area contributed by atoms with Gasteiger partial charge in [0.05, 0.1) is 0 Å². The Kier molecular flexibility index (Phi) is 6.44. The number of carbonyl (C=O) groups excluding carboxylic acids is 2. The van der Waals surface area contributed by atoms with E-state index in [9.17, 15) is 22.8 Å². The highest BCUT2D eigenvalue weighted by Crippen LogP contribution is 2.42. The largest absolute Gasteiger partial charge is 0.435 e. The van der Waals surface area contributed by atoms with Gasteiger partial charge in [-0.15, -0.1) is 11.3 Å². The van der Waals surface area contributed by atoms with Crippen LogP contribution >= 0.6 is 11.3 Å². The number of aromatic nitrogens is 4. The fraction of sp³-hybridized carbons (Fsp3) is 0.556. The van der Waals surface area contributed by atoms with Crippen LogP contribution in [0.3, 0.4) is 0 Å². The molecule has 1 atom stereocenters. The molecule has 1 N–H and O–H groups in total. The summed E-state index contributed by atoms with van der Waals surface area (Å²) in [5.74, 6) is 1.81. The molecule has 6 rings (SSSR count). The lowest BCUT2D eigenvalue weighted by Gasteiger charge is -2.26. The Labute approximate surface area is 222 Å². The Morgan fingerprint density at radius 1 is 1.18 bits per heavy atom. The van der Waals surface area contributed by atoms with Crippen molar-refractivity contribution in [2.45, 2.75) is 76.4 Å². The third-order valence-corrected chi connectivity index (χ3v) is 9.19. The number of alkyl halides is 3. The van der Waals surface area contributed by atoms with Crippen LogP contribution in [0.4, 0.5) is 24.9 Å². The minimum absolute atomic E-state index is 0.0145. The van der Waals surface area contributed by atoms with Gasteiger partial charge in [0.25, 0.3) is 0 Å². The van der Waals surface area contributed by atoms with Crippen molar-refractivity contribution < 1.29 is 22.8 Å². The molecule has 7 nitrogen and oxygen atoms in total. The molecule has 0 amide bonds. The number of Topliss-reactive ketones (excluding diaryl/α,β-unsaturated/α-hetero) is 2.